The molecule has 1 spiro atoms. The van der Waals surface area contributed by atoms with Gasteiger partial charge in [0.2, 0.25) is 0 Å². The highest BCUT2D eigenvalue weighted by Crippen LogP contribution is 2.56. The fourth-order valence-electron chi connectivity index (χ4n) is 4.39. The lowest BCUT2D eigenvalue weighted by atomic mass is 9.60. The topological polar surface area (TPSA) is 58.6 Å². The first kappa shape index (κ1) is 17.1. The molecule has 0 N–H and O–H groups in total. The van der Waals surface area contributed by atoms with Crippen molar-refractivity contribution < 1.29 is 9.53 Å². The normalized spacial score (nSPS) is 24.7. The van der Waals surface area contributed by atoms with Crippen molar-refractivity contribution in [3.63, 3.8) is 0 Å². The molecule has 24 heavy (non-hydrogen) atoms. The van der Waals surface area contributed by atoms with E-state index in [2.05, 4.69) is 10.2 Å². The Balaban J connectivity index is 1.73. The zero-order valence-corrected chi connectivity index (χ0v) is 15.2. The second kappa shape index (κ2) is 6.67. The number of amides is 1. The molecule has 2 atom stereocenters. The van der Waals surface area contributed by atoms with E-state index in [1.54, 1.807) is 6.07 Å². The highest BCUT2D eigenvalue weighted by molar-refractivity contribution is 5.92. The van der Waals surface area contributed by atoms with Gasteiger partial charge in [-0.2, -0.15) is 0 Å². The Labute approximate surface area is 144 Å². The summed E-state index contributed by atoms with van der Waals surface area (Å²) in [7, 11) is 5.71. The largest absolute Gasteiger partial charge is 0.378 e. The van der Waals surface area contributed by atoms with Crippen LogP contribution in [0, 0.1) is 5.41 Å². The summed E-state index contributed by atoms with van der Waals surface area (Å²) in [5.74, 6) is 0.709. The summed E-state index contributed by atoms with van der Waals surface area (Å²) in [6.45, 7) is 2.79. The average molecular weight is 332 g/mol. The molecule has 0 unspecified atom stereocenters. The predicted molar refractivity (Wildman–Crippen MR) is 93.2 cm³/mol. The molecule has 2 saturated carbocycles. The van der Waals surface area contributed by atoms with Gasteiger partial charge in [0.1, 0.15) is 0 Å². The Kier molecular flexibility index (Phi) is 4.76. The van der Waals surface area contributed by atoms with Gasteiger partial charge in [-0.05, 0) is 38.3 Å². The molecule has 0 aliphatic heterocycles. The van der Waals surface area contributed by atoms with E-state index < -0.39 is 0 Å². The standard InChI is InChI=1S/C18H28N4O2/c1-5-24-15-12-14(18(15)10-6-7-11-18)22(4)17(23)13-8-9-16(20-19-13)21(2)3/h8-9,14-15H,5-7,10-12H2,1-4H3/t14-,15+/m0/s1. The first-order valence-electron chi connectivity index (χ1n) is 8.89. The highest BCUT2D eigenvalue weighted by Gasteiger charge is 2.58. The van der Waals surface area contributed by atoms with Crippen LogP contribution in [0.2, 0.25) is 0 Å². The Morgan fingerprint density at radius 1 is 1.25 bits per heavy atom. The van der Waals surface area contributed by atoms with Crippen molar-refractivity contribution in [2.75, 3.05) is 32.6 Å². The predicted octanol–water partition coefficient (Wildman–Crippen LogP) is 2.35. The fourth-order valence-corrected chi connectivity index (χ4v) is 4.39. The van der Waals surface area contributed by atoms with E-state index in [-0.39, 0.29) is 17.4 Å². The lowest BCUT2D eigenvalue weighted by molar-refractivity contribution is -0.152. The third-order valence-corrected chi connectivity index (χ3v) is 5.76. The van der Waals surface area contributed by atoms with Gasteiger partial charge >= 0.3 is 0 Å². The molecule has 0 bridgehead atoms. The van der Waals surface area contributed by atoms with E-state index in [9.17, 15) is 4.79 Å². The molecule has 6 nitrogen and oxygen atoms in total. The van der Waals surface area contributed by atoms with Crippen LogP contribution >= 0.6 is 0 Å². The van der Waals surface area contributed by atoms with Gasteiger partial charge in [0.25, 0.3) is 5.91 Å². The number of carbonyl (C=O) groups excluding carboxylic acids is 1. The molecule has 2 aliphatic rings. The second-order valence-electron chi connectivity index (χ2n) is 7.22. The number of hydrogen-bond donors (Lipinski definition) is 0. The Bertz CT molecular complexity index is 581. The van der Waals surface area contributed by atoms with Gasteiger partial charge < -0.3 is 14.5 Å². The van der Waals surface area contributed by atoms with Crippen molar-refractivity contribution in [1.29, 1.82) is 0 Å². The van der Waals surface area contributed by atoms with Gasteiger partial charge in [0, 0.05) is 39.2 Å². The van der Waals surface area contributed by atoms with Gasteiger partial charge in [0.15, 0.2) is 11.5 Å². The number of carbonyl (C=O) groups is 1. The number of rotatable bonds is 5. The van der Waals surface area contributed by atoms with Crippen molar-refractivity contribution in [3.05, 3.63) is 17.8 Å². The van der Waals surface area contributed by atoms with E-state index in [1.807, 2.05) is 43.9 Å². The molecule has 1 heterocycles. The van der Waals surface area contributed by atoms with Crippen molar-refractivity contribution in [2.24, 2.45) is 5.41 Å². The van der Waals surface area contributed by atoms with E-state index in [4.69, 9.17) is 4.74 Å². The van der Waals surface area contributed by atoms with Gasteiger partial charge in [0.05, 0.1) is 6.10 Å². The van der Waals surface area contributed by atoms with Gasteiger partial charge in [-0.15, -0.1) is 10.2 Å². The van der Waals surface area contributed by atoms with Crippen LogP contribution in [-0.2, 0) is 4.74 Å². The third-order valence-electron chi connectivity index (χ3n) is 5.76. The van der Waals surface area contributed by atoms with Gasteiger partial charge in [-0.3, -0.25) is 4.79 Å². The summed E-state index contributed by atoms with van der Waals surface area (Å²) in [6, 6.07) is 3.85. The molecule has 1 amide bonds. The highest BCUT2D eigenvalue weighted by atomic mass is 16.5. The Morgan fingerprint density at radius 3 is 2.50 bits per heavy atom. The lowest BCUT2D eigenvalue weighted by Gasteiger charge is -2.56. The molecule has 132 valence electrons. The van der Waals surface area contributed by atoms with E-state index >= 15 is 0 Å². The number of aromatic nitrogens is 2. The van der Waals surface area contributed by atoms with Crippen LogP contribution in [0.4, 0.5) is 5.82 Å². The van der Waals surface area contributed by atoms with Crippen LogP contribution in [0.3, 0.4) is 0 Å². The minimum Gasteiger partial charge on any atom is -0.378 e. The van der Waals surface area contributed by atoms with Crippen LogP contribution in [0.15, 0.2) is 12.1 Å². The molecule has 1 aromatic rings. The molecule has 0 radical (unpaired) electrons. The molecule has 2 aliphatic carbocycles. The average Bonchev–Trinajstić information content (AvgIpc) is 3.10. The van der Waals surface area contributed by atoms with Crippen LogP contribution < -0.4 is 4.90 Å². The maximum Gasteiger partial charge on any atom is 0.274 e. The molecule has 1 aromatic heterocycles. The number of ether oxygens (including phenoxy) is 1. The quantitative estimate of drug-likeness (QED) is 0.828. The molecule has 2 fully saturated rings. The summed E-state index contributed by atoms with van der Waals surface area (Å²) < 4.78 is 5.95. The van der Waals surface area contributed by atoms with Crippen molar-refractivity contribution in [3.8, 4) is 0 Å². The first-order valence-corrected chi connectivity index (χ1v) is 8.89. The van der Waals surface area contributed by atoms with Crippen molar-refractivity contribution >= 4 is 11.7 Å². The van der Waals surface area contributed by atoms with Crippen LogP contribution in [-0.4, -0.2) is 60.9 Å². The van der Waals surface area contributed by atoms with Crippen LogP contribution in [0.5, 0.6) is 0 Å². The first-order chi connectivity index (χ1) is 11.5. The van der Waals surface area contributed by atoms with Crippen LogP contribution in [0.25, 0.3) is 0 Å². The summed E-state index contributed by atoms with van der Waals surface area (Å²) in [5.41, 5.74) is 0.563. The monoisotopic (exact) mass is 332 g/mol. The minimum atomic E-state index is -0.0426. The van der Waals surface area contributed by atoms with E-state index in [0.29, 0.717) is 11.8 Å². The summed E-state index contributed by atoms with van der Waals surface area (Å²) in [5, 5.41) is 8.24. The fraction of sp³-hybridized carbons (Fsp3) is 0.722. The zero-order chi connectivity index (χ0) is 17.3. The Hall–Kier alpha value is -1.69. The zero-order valence-electron chi connectivity index (χ0n) is 15.2. The number of anilines is 1. The molecule has 6 heteroatoms. The van der Waals surface area contributed by atoms with E-state index in [1.165, 1.54) is 12.8 Å². The SMILES string of the molecule is CCO[C@@H]1C[C@H](N(C)C(=O)c2ccc(N(C)C)nn2)C12CCCC2. The molecular weight excluding hydrogens is 304 g/mol. The van der Waals surface area contributed by atoms with Crippen LogP contribution in [0.1, 0.15) is 49.5 Å². The maximum atomic E-state index is 12.8. The maximum absolute atomic E-state index is 12.8. The lowest BCUT2D eigenvalue weighted by Crippen LogP contribution is -2.64. The van der Waals surface area contributed by atoms with Crippen molar-refractivity contribution in [1.82, 2.24) is 15.1 Å². The van der Waals surface area contributed by atoms with E-state index in [0.717, 1.165) is 31.7 Å². The number of hydrogen-bond acceptors (Lipinski definition) is 5. The summed E-state index contributed by atoms with van der Waals surface area (Å²) >= 11 is 0. The molecular formula is C18H28N4O2. The molecule has 3 rings (SSSR count). The molecule has 0 aromatic carbocycles. The number of nitrogens with zero attached hydrogens (tertiary/aromatic N) is 4. The summed E-state index contributed by atoms with van der Waals surface area (Å²) in [6.07, 6.45) is 6.02. The Morgan fingerprint density at radius 2 is 1.96 bits per heavy atom. The van der Waals surface area contributed by atoms with Gasteiger partial charge in [-0.25, -0.2) is 0 Å². The third kappa shape index (κ3) is 2.77. The second-order valence-corrected chi connectivity index (χ2v) is 7.22. The molecule has 0 saturated heterocycles. The summed E-state index contributed by atoms with van der Waals surface area (Å²) in [4.78, 5) is 16.6. The van der Waals surface area contributed by atoms with Crippen molar-refractivity contribution in [2.45, 2.75) is 51.2 Å². The van der Waals surface area contributed by atoms with Gasteiger partial charge in [-0.1, -0.05) is 12.8 Å². The smallest absolute Gasteiger partial charge is 0.274 e. The minimum absolute atomic E-state index is 0.0426.